The number of aryl methyl sites for hydroxylation is 1. The van der Waals surface area contributed by atoms with E-state index in [1.54, 1.807) is 19.1 Å². The molecule has 0 aliphatic rings. The molecule has 2 N–H and O–H groups in total. The van der Waals surface area contributed by atoms with Gasteiger partial charge in [-0.05, 0) is 24.6 Å². The van der Waals surface area contributed by atoms with Crippen molar-refractivity contribution >= 4 is 17.2 Å². The molecule has 5 nitrogen and oxygen atoms in total. The van der Waals surface area contributed by atoms with Gasteiger partial charge in [-0.1, -0.05) is 6.07 Å². The van der Waals surface area contributed by atoms with Gasteiger partial charge in [0.2, 0.25) is 0 Å². The van der Waals surface area contributed by atoms with E-state index in [9.17, 15) is 13.6 Å². The van der Waals surface area contributed by atoms with E-state index in [1.165, 1.54) is 16.8 Å². The Morgan fingerprint density at radius 2 is 2.17 bits per heavy atom. The molecule has 1 heterocycles. The van der Waals surface area contributed by atoms with Crippen LogP contribution in [0, 0.1) is 0 Å². The van der Waals surface area contributed by atoms with E-state index >= 15 is 0 Å². The third-order valence-electron chi connectivity index (χ3n) is 2.72. The summed E-state index contributed by atoms with van der Waals surface area (Å²) in [6.07, 6.45) is 1.34. The number of nitrogens with two attached hydrogens (primary N) is 1. The zero-order chi connectivity index (χ0) is 13.3. The number of benzene rings is 1. The molecule has 2 aromatic rings. The Balaban J connectivity index is 2.83. The average molecular weight is 254 g/mol. The maximum absolute atomic E-state index is 12.9. The van der Waals surface area contributed by atoms with Crippen LogP contribution in [0.25, 0.3) is 11.0 Å². The molecule has 0 amide bonds. The van der Waals surface area contributed by atoms with Crippen molar-refractivity contribution in [2.45, 2.75) is 20.0 Å². The van der Waals surface area contributed by atoms with Crippen molar-refractivity contribution in [1.29, 1.82) is 0 Å². The van der Waals surface area contributed by atoms with E-state index in [2.05, 4.69) is 5.10 Å². The largest absolute Gasteiger partial charge is 0.333 e. The minimum Gasteiger partial charge on any atom is -0.323 e. The lowest BCUT2D eigenvalue weighted by molar-refractivity contribution is 0.0703. The maximum Gasteiger partial charge on any atom is 0.333 e. The van der Waals surface area contributed by atoms with Crippen LogP contribution in [0.2, 0.25) is 0 Å². The number of fused-ring (bicyclic) bond motifs is 1. The van der Waals surface area contributed by atoms with Gasteiger partial charge < -0.3 is 5.84 Å². The van der Waals surface area contributed by atoms with Crippen molar-refractivity contribution in [2.75, 3.05) is 0 Å². The van der Waals surface area contributed by atoms with Gasteiger partial charge in [0.1, 0.15) is 0 Å². The van der Waals surface area contributed by atoms with Crippen molar-refractivity contribution < 1.29 is 8.78 Å². The molecule has 0 aliphatic carbocycles. The normalized spacial score (nSPS) is 12.0. The van der Waals surface area contributed by atoms with E-state index in [4.69, 9.17) is 5.84 Å². The zero-order valence-corrected chi connectivity index (χ0v) is 9.68. The smallest absolute Gasteiger partial charge is 0.323 e. The summed E-state index contributed by atoms with van der Waals surface area (Å²) in [7, 11) is 0. The first-order chi connectivity index (χ1) is 8.60. The molecule has 2 rings (SSSR count). The van der Waals surface area contributed by atoms with Crippen LogP contribution < -0.4 is 11.5 Å². The number of halogens is 2. The first-order valence-electron chi connectivity index (χ1n) is 5.36. The Bertz CT molecular complexity index is 657. The highest BCUT2D eigenvalue weighted by Gasteiger charge is 2.18. The lowest BCUT2D eigenvalue weighted by Crippen LogP contribution is -2.24. The second-order valence-corrected chi connectivity index (χ2v) is 3.70. The van der Waals surface area contributed by atoms with Crippen LogP contribution in [0.15, 0.2) is 28.1 Å². The molecule has 7 heteroatoms. The molecular formula is C11H12F2N4O. The molecule has 1 aromatic carbocycles. The van der Waals surface area contributed by atoms with Gasteiger partial charge in [0.05, 0.1) is 17.2 Å². The quantitative estimate of drug-likeness (QED) is 0.512. The Kier molecular flexibility index (Phi) is 3.14. The summed E-state index contributed by atoms with van der Waals surface area (Å²) >= 11 is 0. The van der Waals surface area contributed by atoms with Crippen LogP contribution in [0.4, 0.5) is 8.78 Å². The Hall–Kier alpha value is -2.18. The van der Waals surface area contributed by atoms with Crippen molar-refractivity contribution in [2.24, 2.45) is 10.9 Å². The first-order valence-corrected chi connectivity index (χ1v) is 5.36. The number of aromatic nitrogens is 2. The van der Waals surface area contributed by atoms with Gasteiger partial charge in [0.25, 0.3) is 0 Å². The molecule has 0 saturated carbocycles. The third kappa shape index (κ3) is 1.77. The number of rotatable bonds is 3. The second kappa shape index (κ2) is 4.59. The Morgan fingerprint density at radius 3 is 2.72 bits per heavy atom. The average Bonchev–Trinajstić information content (AvgIpc) is 2.60. The lowest BCUT2D eigenvalue weighted by Gasteiger charge is -2.00. The first kappa shape index (κ1) is 12.3. The fourth-order valence-electron chi connectivity index (χ4n) is 1.96. The van der Waals surface area contributed by atoms with Crippen LogP contribution in [0.1, 0.15) is 19.0 Å². The zero-order valence-electron chi connectivity index (χ0n) is 9.68. The number of imidazole rings is 1. The summed E-state index contributed by atoms with van der Waals surface area (Å²) in [5, 5.41) is 3.33. The molecule has 0 spiro atoms. The Labute approximate surface area is 101 Å². The van der Waals surface area contributed by atoms with E-state index in [-0.39, 0.29) is 5.52 Å². The minimum atomic E-state index is -2.88. The van der Waals surface area contributed by atoms with Crippen molar-refractivity contribution in [3.05, 3.63) is 34.2 Å². The van der Waals surface area contributed by atoms with Gasteiger partial charge in [-0.3, -0.25) is 4.57 Å². The van der Waals surface area contributed by atoms with Crippen molar-refractivity contribution in [3.63, 3.8) is 0 Å². The SMILES string of the molecule is CCn1c(=O)n(C(F)F)c2cc(C=NN)ccc21. The van der Waals surface area contributed by atoms with Gasteiger partial charge >= 0.3 is 12.2 Å². The fraction of sp³-hybridized carbons (Fsp3) is 0.273. The van der Waals surface area contributed by atoms with Crippen LogP contribution in [0.5, 0.6) is 0 Å². The third-order valence-corrected chi connectivity index (χ3v) is 2.72. The molecule has 0 aliphatic heterocycles. The van der Waals surface area contributed by atoms with Crippen LogP contribution in [-0.4, -0.2) is 15.3 Å². The number of hydrogen-bond acceptors (Lipinski definition) is 3. The molecule has 0 saturated heterocycles. The van der Waals surface area contributed by atoms with E-state index in [0.29, 0.717) is 22.2 Å². The highest BCUT2D eigenvalue weighted by atomic mass is 19.3. The van der Waals surface area contributed by atoms with Gasteiger partial charge in [-0.25, -0.2) is 9.36 Å². The van der Waals surface area contributed by atoms with Gasteiger partial charge in [-0.2, -0.15) is 13.9 Å². The summed E-state index contributed by atoms with van der Waals surface area (Å²) in [5.74, 6) is 5.01. The van der Waals surface area contributed by atoms with Gasteiger partial charge in [-0.15, -0.1) is 0 Å². The van der Waals surface area contributed by atoms with Gasteiger partial charge in [0.15, 0.2) is 0 Å². The highest BCUT2D eigenvalue weighted by Crippen LogP contribution is 2.20. The summed E-state index contributed by atoms with van der Waals surface area (Å²) in [6.45, 7) is -0.816. The lowest BCUT2D eigenvalue weighted by atomic mass is 10.2. The molecular weight excluding hydrogens is 242 g/mol. The molecule has 1 aromatic heterocycles. The van der Waals surface area contributed by atoms with E-state index in [0.717, 1.165) is 0 Å². The number of nitrogens with zero attached hydrogens (tertiary/aromatic N) is 3. The molecule has 96 valence electrons. The predicted octanol–water partition coefficient (Wildman–Crippen LogP) is 1.51. The summed E-state index contributed by atoms with van der Waals surface area (Å²) in [5.41, 5.74) is 0.489. The summed E-state index contributed by atoms with van der Waals surface area (Å²) in [6, 6.07) is 4.74. The number of alkyl halides is 2. The standard InChI is InChI=1S/C11H12F2N4O/c1-2-16-8-4-3-7(6-15-14)5-9(8)17(10(12)13)11(16)18/h3-6,10H,2,14H2,1H3. The maximum atomic E-state index is 12.9. The second-order valence-electron chi connectivity index (χ2n) is 3.70. The van der Waals surface area contributed by atoms with Crippen LogP contribution in [0.3, 0.4) is 0 Å². The molecule has 0 atom stereocenters. The van der Waals surface area contributed by atoms with Crippen LogP contribution >= 0.6 is 0 Å². The summed E-state index contributed by atoms with van der Waals surface area (Å²) < 4.78 is 27.6. The summed E-state index contributed by atoms with van der Waals surface area (Å²) in [4.78, 5) is 11.8. The molecule has 0 bridgehead atoms. The number of hydrogen-bond donors (Lipinski definition) is 1. The fourth-order valence-corrected chi connectivity index (χ4v) is 1.96. The van der Waals surface area contributed by atoms with E-state index in [1.807, 2.05) is 0 Å². The molecule has 18 heavy (non-hydrogen) atoms. The van der Waals surface area contributed by atoms with Crippen LogP contribution in [-0.2, 0) is 6.54 Å². The monoisotopic (exact) mass is 254 g/mol. The van der Waals surface area contributed by atoms with E-state index < -0.39 is 12.2 Å². The molecule has 0 unspecified atom stereocenters. The Morgan fingerprint density at radius 1 is 1.44 bits per heavy atom. The van der Waals surface area contributed by atoms with Crippen molar-refractivity contribution in [1.82, 2.24) is 9.13 Å². The molecule has 0 fully saturated rings. The molecule has 0 radical (unpaired) electrons. The predicted molar refractivity (Wildman–Crippen MR) is 64.9 cm³/mol. The highest BCUT2D eigenvalue weighted by molar-refractivity contribution is 5.87. The van der Waals surface area contributed by atoms with Gasteiger partial charge in [0, 0.05) is 6.54 Å². The van der Waals surface area contributed by atoms with Crippen molar-refractivity contribution in [3.8, 4) is 0 Å². The minimum absolute atomic E-state index is 0.175. The number of hydrazone groups is 1. The topological polar surface area (TPSA) is 65.3 Å².